The average molecular weight is 1450 g/mol. The maximum absolute atomic E-state index is 12.3. The first-order valence-corrected chi connectivity index (χ1v) is 34.2. The van der Waals surface area contributed by atoms with Crippen molar-refractivity contribution >= 4 is 125 Å². The molecule has 10 heterocycles. The van der Waals surface area contributed by atoms with Crippen LogP contribution < -0.4 is 47.9 Å². The zero-order valence-electron chi connectivity index (χ0n) is 53.3. The molecule has 36 heteroatoms. The van der Waals surface area contributed by atoms with Gasteiger partial charge in [-0.2, -0.15) is 0 Å². The number of nitrogens with two attached hydrogens (primary N) is 3. The molecule has 6 aromatic rings. The number of carbonyl (C=O) groups is 14. The van der Waals surface area contributed by atoms with Crippen molar-refractivity contribution < 1.29 is 88.9 Å². The monoisotopic (exact) mass is 1450 g/mol. The fourth-order valence-electron chi connectivity index (χ4n) is 12.8. The van der Waals surface area contributed by atoms with E-state index >= 15 is 0 Å². The van der Waals surface area contributed by atoms with E-state index in [0.717, 1.165) is 16.7 Å². The second kappa shape index (κ2) is 29.3. The number of anilines is 3. The molecule has 4 unspecified atom stereocenters. The van der Waals surface area contributed by atoms with Gasteiger partial charge in [-0.25, -0.2) is 26.3 Å². The molecule has 0 bridgehead atoms. The zero-order chi connectivity index (χ0) is 73.4. The first-order valence-electron chi connectivity index (χ1n) is 31.2. The van der Waals surface area contributed by atoms with Crippen molar-refractivity contribution in [3.05, 3.63) is 187 Å². The topological polar surface area (TPSA) is 514 Å². The zero-order valence-corrected chi connectivity index (χ0v) is 54.9. The van der Waals surface area contributed by atoms with Crippen LogP contribution in [0.25, 0.3) is 0 Å². The highest BCUT2D eigenvalue weighted by Gasteiger charge is 2.45. The highest BCUT2D eigenvalue weighted by Crippen LogP contribution is 2.36. The van der Waals surface area contributed by atoms with Crippen LogP contribution in [0, 0.1) is 10.1 Å². The van der Waals surface area contributed by atoms with E-state index in [0.29, 0.717) is 78.2 Å². The molecular formula is C67H64N14O20S2. The molecule has 0 aromatic heterocycles. The van der Waals surface area contributed by atoms with Crippen molar-refractivity contribution in [2.45, 2.75) is 119 Å². The maximum Gasteiger partial charge on any atom is 0.275 e. The maximum atomic E-state index is 12.3. The molecule has 4 fully saturated rings. The highest BCUT2D eigenvalue weighted by atomic mass is 32.2. The Kier molecular flexibility index (Phi) is 20.8. The average Bonchev–Trinajstić information content (AvgIpc) is 1.68. The molecule has 103 heavy (non-hydrogen) atoms. The molecule has 14 amide bonds. The largest absolute Gasteiger partial charge is 0.398 e. The van der Waals surface area contributed by atoms with E-state index < -0.39 is 90.5 Å². The Morgan fingerprint density at radius 3 is 0.874 bits per heavy atom. The Bertz CT molecular complexity index is 4610. The number of amides is 14. The van der Waals surface area contributed by atoms with Crippen LogP contribution in [0.15, 0.2) is 131 Å². The summed E-state index contributed by atoms with van der Waals surface area (Å²) in [6.45, 7) is 0.991. The number of nitro benzene ring substituents is 1. The number of carbonyl (C=O) groups excluding carboxylic acids is 14. The fraction of sp³-hybridized carbons (Fsp3) is 0.254. The first-order chi connectivity index (χ1) is 48.4. The SMILES string of the molecule is C.Nc1cccc2c1CN(C1CCC(=O)NC1=O)C2=O.Nc1cccc2c1CN(C1CCC(=O)NC1=O)C2=O.Nc1cccc2c1CN(C1CCC(=O)NC1=O)C2=O.O=C1CCC(N2Cc3c(cccc3[N+](=O)[O-])C2=O)C(=O)N1.O=C1NS(=O)(=O)c2ccccc21.O=C1NS(=O)(=O)c2ccccc21. The van der Waals surface area contributed by atoms with Gasteiger partial charge in [0.05, 0.1) is 33.7 Å². The van der Waals surface area contributed by atoms with E-state index in [9.17, 15) is 94.1 Å². The molecule has 4 atom stereocenters. The van der Waals surface area contributed by atoms with Gasteiger partial charge >= 0.3 is 0 Å². The molecule has 0 saturated carbocycles. The lowest BCUT2D eigenvalue weighted by atomic mass is 10.0. The van der Waals surface area contributed by atoms with Crippen molar-refractivity contribution in [3.63, 3.8) is 0 Å². The van der Waals surface area contributed by atoms with Crippen LogP contribution in [0.3, 0.4) is 0 Å². The minimum Gasteiger partial charge on any atom is -0.398 e. The summed E-state index contributed by atoms with van der Waals surface area (Å²) in [5.74, 6) is -5.09. The summed E-state index contributed by atoms with van der Waals surface area (Å²) in [7, 11) is -7.11. The summed E-state index contributed by atoms with van der Waals surface area (Å²) in [4.78, 5) is 179. The smallest absolute Gasteiger partial charge is 0.275 e. The van der Waals surface area contributed by atoms with Crippen LogP contribution in [0.2, 0.25) is 0 Å². The molecule has 4 saturated heterocycles. The number of imide groups is 4. The summed E-state index contributed by atoms with van der Waals surface area (Å²) >= 11 is 0. The predicted molar refractivity (Wildman–Crippen MR) is 359 cm³/mol. The number of nitrogen functional groups attached to an aromatic ring is 3. The minimum atomic E-state index is -3.55. The lowest BCUT2D eigenvalue weighted by molar-refractivity contribution is -0.385. The van der Waals surface area contributed by atoms with Crippen molar-refractivity contribution in [1.29, 1.82) is 0 Å². The predicted octanol–water partition coefficient (Wildman–Crippen LogP) is 1.32. The number of benzene rings is 6. The van der Waals surface area contributed by atoms with Crippen LogP contribution in [-0.2, 0) is 84.6 Å². The third kappa shape index (κ3) is 14.7. The molecule has 0 spiro atoms. The molecular weight excluding hydrogens is 1380 g/mol. The molecule has 0 aliphatic carbocycles. The van der Waals surface area contributed by atoms with E-state index in [4.69, 9.17) is 17.2 Å². The van der Waals surface area contributed by atoms with E-state index in [-0.39, 0.29) is 120 Å². The van der Waals surface area contributed by atoms with Gasteiger partial charge in [-0.3, -0.25) is 98.5 Å². The van der Waals surface area contributed by atoms with Crippen LogP contribution >= 0.6 is 0 Å². The van der Waals surface area contributed by atoms with Gasteiger partial charge in [0.2, 0.25) is 47.3 Å². The molecule has 6 aromatic carbocycles. The number of nitrogens with one attached hydrogen (secondary N) is 6. The number of rotatable bonds is 5. The van der Waals surface area contributed by atoms with Gasteiger partial charge in [-0.1, -0.05) is 56.0 Å². The van der Waals surface area contributed by atoms with Crippen molar-refractivity contribution in [3.8, 4) is 0 Å². The number of hydrogen-bond donors (Lipinski definition) is 9. The third-order valence-electron chi connectivity index (χ3n) is 17.9. The fourth-order valence-corrected chi connectivity index (χ4v) is 15.2. The molecule has 0 radical (unpaired) electrons. The summed E-state index contributed by atoms with van der Waals surface area (Å²) in [5, 5.41) is 20.0. The van der Waals surface area contributed by atoms with Crippen molar-refractivity contribution in [1.82, 2.24) is 50.3 Å². The number of nitro groups is 1. The quantitative estimate of drug-likeness (QED) is 0.0508. The van der Waals surface area contributed by atoms with Gasteiger partial charge in [-0.15, -0.1) is 0 Å². The lowest BCUT2D eigenvalue weighted by Crippen LogP contribution is -2.52. The number of nitrogens with zero attached hydrogens (tertiary/aromatic N) is 5. The van der Waals surface area contributed by atoms with Gasteiger partial charge in [0, 0.05) is 102 Å². The summed E-state index contributed by atoms with van der Waals surface area (Å²) in [6.07, 6.45) is 2.25. The Hall–Kier alpha value is -12.6. The van der Waals surface area contributed by atoms with E-state index in [1.165, 1.54) is 62.1 Å². The van der Waals surface area contributed by atoms with Gasteiger partial charge in [0.15, 0.2) is 0 Å². The normalized spacial score (nSPS) is 21.0. The van der Waals surface area contributed by atoms with E-state index in [2.05, 4.69) is 21.3 Å². The Balaban J connectivity index is 0.000000134. The standard InChI is InChI=1S/C13H11N3O5.3C13H13N3O3.2C7H5NO3S.CH4/c17-11-5-4-10(12(18)14-11)15-6-8-7(13(15)19)2-1-3-9(8)16(20)21;3*14-9-3-1-2-7-8(9)6-16(13(7)19)10-4-5-11(17)15-12(10)18;2*9-7-5-3-1-2-4-6(5)12(10,11)8-7;/h1-3,10H,4-6H2,(H,14,17,18);3*1-3,10H,4-6,14H2,(H,15,17,18);2*1-4H,(H,8,9);1H4. The Labute approximate surface area is 585 Å². The van der Waals surface area contributed by atoms with Gasteiger partial charge < -0.3 is 36.8 Å². The van der Waals surface area contributed by atoms with Crippen molar-refractivity contribution in [2.75, 3.05) is 17.2 Å². The van der Waals surface area contributed by atoms with E-state index in [1.807, 2.05) is 9.44 Å². The van der Waals surface area contributed by atoms with E-state index in [1.54, 1.807) is 78.9 Å². The molecule has 534 valence electrons. The van der Waals surface area contributed by atoms with Crippen LogP contribution in [-0.4, -0.2) is 148 Å². The summed E-state index contributed by atoms with van der Waals surface area (Å²) in [6, 6.07) is 29.5. The number of piperidine rings is 4. The molecule has 16 rings (SSSR count). The Morgan fingerprint density at radius 2 is 0.612 bits per heavy atom. The lowest BCUT2D eigenvalue weighted by Gasteiger charge is -2.29. The first kappa shape index (κ1) is 73.1. The molecule has 34 nitrogen and oxygen atoms in total. The second-order valence-corrected chi connectivity index (χ2v) is 27.4. The van der Waals surface area contributed by atoms with Crippen molar-refractivity contribution in [2.24, 2.45) is 0 Å². The number of sulfonamides is 2. The Morgan fingerprint density at radius 1 is 0.359 bits per heavy atom. The van der Waals surface area contributed by atoms with Gasteiger partial charge in [0.25, 0.3) is 61.2 Å². The van der Waals surface area contributed by atoms with Gasteiger partial charge in [0.1, 0.15) is 34.0 Å². The van der Waals surface area contributed by atoms with Crippen LogP contribution in [0.4, 0.5) is 22.7 Å². The van der Waals surface area contributed by atoms with Crippen LogP contribution in [0.1, 0.15) is 143 Å². The van der Waals surface area contributed by atoms with Crippen LogP contribution in [0.5, 0.6) is 0 Å². The molecule has 10 aliphatic heterocycles. The number of hydrogen-bond acceptors (Lipinski definition) is 23. The number of fused-ring (bicyclic) bond motifs is 6. The molecule has 10 aliphatic rings. The third-order valence-corrected chi connectivity index (χ3v) is 20.7. The minimum absolute atomic E-state index is 0. The molecule has 12 N–H and O–H groups in total. The second-order valence-electron chi connectivity index (χ2n) is 24.1. The summed E-state index contributed by atoms with van der Waals surface area (Å²) in [5.41, 5.74) is 24.0. The summed E-state index contributed by atoms with van der Waals surface area (Å²) < 4.78 is 48.3. The highest BCUT2D eigenvalue weighted by molar-refractivity contribution is 7.91. The van der Waals surface area contributed by atoms with Gasteiger partial charge in [-0.05, 0) is 92.4 Å².